The largest absolute Gasteiger partial charge is 0.335 e. The Balaban J connectivity index is 1.51. The van der Waals surface area contributed by atoms with Gasteiger partial charge in [-0.1, -0.05) is 30.3 Å². The third-order valence-corrected chi connectivity index (χ3v) is 6.06. The predicted molar refractivity (Wildman–Crippen MR) is 101 cm³/mol. The van der Waals surface area contributed by atoms with E-state index in [-0.39, 0.29) is 12.1 Å². The second kappa shape index (κ2) is 8.26. The van der Waals surface area contributed by atoms with E-state index in [1.807, 2.05) is 0 Å². The molecule has 5 heteroatoms. The van der Waals surface area contributed by atoms with Crippen molar-refractivity contribution < 1.29 is 4.79 Å². The van der Waals surface area contributed by atoms with E-state index in [4.69, 9.17) is 0 Å². The highest BCUT2D eigenvalue weighted by Gasteiger charge is 2.40. The Hall–Kier alpha value is -1.20. The van der Waals surface area contributed by atoms with Gasteiger partial charge in [0.15, 0.2) is 0 Å². The van der Waals surface area contributed by atoms with Crippen LogP contribution in [0.25, 0.3) is 0 Å². The zero-order valence-corrected chi connectivity index (χ0v) is 15.5. The number of carbonyl (C=O) groups is 1. The first-order valence-electron chi connectivity index (χ1n) is 9.01. The Kier molecular flexibility index (Phi) is 6.06. The molecule has 0 aromatic heterocycles. The number of carbonyl (C=O) groups excluding carboxylic acids is 1. The number of amides is 2. The lowest BCUT2D eigenvalue weighted by atomic mass is 9.96. The number of thioether (sulfide) groups is 1. The summed E-state index contributed by atoms with van der Waals surface area (Å²) in [5, 5.41) is 6.25. The van der Waals surface area contributed by atoms with Crippen molar-refractivity contribution in [2.75, 3.05) is 12.0 Å². The predicted octanol–water partition coefficient (Wildman–Crippen LogP) is 3.23. The van der Waals surface area contributed by atoms with Crippen LogP contribution in [0.4, 0.5) is 4.79 Å². The Labute approximate surface area is 149 Å². The lowest BCUT2D eigenvalue weighted by molar-refractivity contribution is 0.111. The molecule has 2 fully saturated rings. The van der Waals surface area contributed by atoms with Gasteiger partial charge in [-0.2, -0.15) is 11.8 Å². The summed E-state index contributed by atoms with van der Waals surface area (Å²) in [6.07, 6.45) is 6.75. The maximum Gasteiger partial charge on any atom is 0.315 e. The van der Waals surface area contributed by atoms with Crippen molar-refractivity contribution in [2.24, 2.45) is 0 Å². The fourth-order valence-corrected chi connectivity index (χ4v) is 4.77. The quantitative estimate of drug-likeness (QED) is 0.830. The normalized spacial score (nSPS) is 27.7. The second-order valence-corrected chi connectivity index (χ2v) is 8.10. The number of hydrogen-bond donors (Lipinski definition) is 2. The van der Waals surface area contributed by atoms with Crippen LogP contribution in [0.1, 0.15) is 38.2 Å². The van der Waals surface area contributed by atoms with E-state index in [2.05, 4.69) is 59.0 Å². The number of fused-ring (bicyclic) bond motifs is 2. The number of nitrogens with zero attached hydrogens (tertiary/aromatic N) is 1. The van der Waals surface area contributed by atoms with Crippen molar-refractivity contribution in [1.82, 2.24) is 15.5 Å². The first kappa shape index (κ1) is 17.6. The van der Waals surface area contributed by atoms with Gasteiger partial charge in [0.05, 0.1) is 0 Å². The molecule has 0 saturated carbocycles. The van der Waals surface area contributed by atoms with E-state index in [0.29, 0.717) is 18.1 Å². The highest BCUT2D eigenvalue weighted by Crippen LogP contribution is 2.36. The maximum absolute atomic E-state index is 12.2. The molecule has 24 heavy (non-hydrogen) atoms. The van der Waals surface area contributed by atoms with Gasteiger partial charge in [0.2, 0.25) is 0 Å². The summed E-state index contributed by atoms with van der Waals surface area (Å²) in [4.78, 5) is 14.8. The minimum Gasteiger partial charge on any atom is -0.335 e. The van der Waals surface area contributed by atoms with Gasteiger partial charge in [-0.15, -0.1) is 0 Å². The summed E-state index contributed by atoms with van der Waals surface area (Å²) in [5.74, 6) is 0.953. The average molecular weight is 348 g/mol. The maximum atomic E-state index is 12.2. The summed E-state index contributed by atoms with van der Waals surface area (Å²) in [7, 11) is 0. The van der Waals surface area contributed by atoms with Gasteiger partial charge in [0.1, 0.15) is 0 Å². The van der Waals surface area contributed by atoms with Crippen LogP contribution in [-0.2, 0) is 6.54 Å². The van der Waals surface area contributed by atoms with Crippen LogP contribution in [0, 0.1) is 0 Å². The minimum absolute atomic E-state index is 0.00235. The molecule has 2 aliphatic heterocycles. The molecule has 0 spiro atoms. The summed E-state index contributed by atoms with van der Waals surface area (Å²) in [5.41, 5.74) is 1.39. The highest BCUT2D eigenvalue weighted by molar-refractivity contribution is 7.98. The first-order chi connectivity index (χ1) is 11.7. The third kappa shape index (κ3) is 4.45. The monoisotopic (exact) mass is 347 g/mol. The number of piperidine rings is 1. The lowest BCUT2D eigenvalue weighted by Crippen LogP contribution is -2.53. The second-order valence-electron chi connectivity index (χ2n) is 7.19. The molecule has 4 atom stereocenters. The SMILES string of the molecule is CSC[C@H](C)NC(=O)NC1C[C@H]2CC[C@@H](C1)N2Cc1ccccc1. The first-order valence-corrected chi connectivity index (χ1v) is 10.4. The molecule has 3 rings (SSSR count). The van der Waals surface area contributed by atoms with Crippen LogP contribution < -0.4 is 10.6 Å². The van der Waals surface area contributed by atoms with Crippen LogP contribution in [0.5, 0.6) is 0 Å². The van der Waals surface area contributed by atoms with Crippen LogP contribution in [-0.4, -0.2) is 47.1 Å². The fraction of sp³-hybridized carbons (Fsp3) is 0.632. The van der Waals surface area contributed by atoms with Crippen LogP contribution in [0.2, 0.25) is 0 Å². The van der Waals surface area contributed by atoms with Crippen LogP contribution in [0.3, 0.4) is 0 Å². The molecular weight excluding hydrogens is 318 g/mol. The van der Waals surface area contributed by atoms with Crippen LogP contribution >= 0.6 is 11.8 Å². The van der Waals surface area contributed by atoms with Crippen molar-refractivity contribution in [3.63, 3.8) is 0 Å². The molecule has 2 amide bonds. The van der Waals surface area contributed by atoms with Gasteiger partial charge in [0, 0.05) is 36.5 Å². The van der Waals surface area contributed by atoms with Crippen molar-refractivity contribution in [1.29, 1.82) is 0 Å². The van der Waals surface area contributed by atoms with E-state index in [1.54, 1.807) is 11.8 Å². The highest BCUT2D eigenvalue weighted by atomic mass is 32.2. The topological polar surface area (TPSA) is 44.4 Å². The number of hydrogen-bond acceptors (Lipinski definition) is 3. The molecule has 0 aliphatic carbocycles. The fourth-order valence-electron chi connectivity index (χ4n) is 4.19. The molecule has 2 bridgehead atoms. The van der Waals surface area contributed by atoms with Gasteiger partial charge in [-0.3, -0.25) is 4.90 Å². The summed E-state index contributed by atoms with van der Waals surface area (Å²) < 4.78 is 0. The zero-order valence-electron chi connectivity index (χ0n) is 14.7. The number of rotatable bonds is 6. The molecule has 1 unspecified atom stereocenters. The Bertz CT molecular complexity index is 525. The summed E-state index contributed by atoms with van der Waals surface area (Å²) >= 11 is 1.76. The smallest absolute Gasteiger partial charge is 0.315 e. The van der Waals surface area contributed by atoms with Crippen molar-refractivity contribution in [3.05, 3.63) is 35.9 Å². The Morgan fingerprint density at radius 3 is 2.54 bits per heavy atom. The average Bonchev–Trinajstić information content (AvgIpc) is 2.79. The molecule has 0 radical (unpaired) electrons. The summed E-state index contributed by atoms with van der Waals surface area (Å²) in [6.45, 7) is 3.10. The van der Waals surface area contributed by atoms with E-state index in [0.717, 1.165) is 25.1 Å². The van der Waals surface area contributed by atoms with E-state index >= 15 is 0 Å². The summed E-state index contributed by atoms with van der Waals surface area (Å²) in [6, 6.07) is 12.5. The molecule has 2 N–H and O–H groups in total. The van der Waals surface area contributed by atoms with Gasteiger partial charge in [0.25, 0.3) is 0 Å². The minimum atomic E-state index is -0.00235. The van der Waals surface area contributed by atoms with Gasteiger partial charge >= 0.3 is 6.03 Å². The molecule has 2 saturated heterocycles. The zero-order chi connectivity index (χ0) is 16.9. The molecule has 1 aromatic rings. The van der Waals surface area contributed by atoms with E-state index in [1.165, 1.54) is 18.4 Å². The van der Waals surface area contributed by atoms with Gasteiger partial charge in [-0.05, 0) is 44.4 Å². The standard InChI is InChI=1S/C19H29N3OS/c1-14(13-24-2)20-19(23)21-16-10-17-8-9-18(11-16)22(17)12-15-6-4-3-5-7-15/h3-7,14,16-18H,8-13H2,1-2H3,(H2,20,21,23)/t14-,16?,17-,18+/m0/s1. The lowest BCUT2D eigenvalue weighted by Gasteiger charge is -2.39. The van der Waals surface area contributed by atoms with Crippen molar-refractivity contribution in [3.8, 4) is 0 Å². The van der Waals surface area contributed by atoms with Gasteiger partial charge < -0.3 is 10.6 Å². The van der Waals surface area contributed by atoms with Crippen molar-refractivity contribution >= 4 is 17.8 Å². The molecule has 2 heterocycles. The molecule has 1 aromatic carbocycles. The number of benzene rings is 1. The molecular formula is C19H29N3OS. The molecule has 4 nitrogen and oxygen atoms in total. The number of nitrogens with one attached hydrogen (secondary N) is 2. The van der Waals surface area contributed by atoms with E-state index in [9.17, 15) is 4.79 Å². The Morgan fingerprint density at radius 1 is 1.25 bits per heavy atom. The molecule has 132 valence electrons. The Morgan fingerprint density at radius 2 is 1.92 bits per heavy atom. The van der Waals surface area contributed by atoms with Crippen molar-refractivity contribution in [2.45, 2.75) is 63.3 Å². The van der Waals surface area contributed by atoms with E-state index < -0.39 is 0 Å². The number of urea groups is 1. The molecule has 2 aliphatic rings. The van der Waals surface area contributed by atoms with Gasteiger partial charge in [-0.25, -0.2) is 4.79 Å². The third-order valence-electron chi connectivity index (χ3n) is 5.22. The van der Waals surface area contributed by atoms with Crippen LogP contribution in [0.15, 0.2) is 30.3 Å².